The minimum absolute atomic E-state index is 0.0350. The van der Waals surface area contributed by atoms with Crippen LogP contribution in [-0.4, -0.2) is 48.4 Å². The molecule has 0 radical (unpaired) electrons. The number of nitrogens with one attached hydrogen (secondary N) is 1. The molecular formula is C15H20N2O3S. The highest BCUT2D eigenvalue weighted by Crippen LogP contribution is 2.41. The Kier molecular flexibility index (Phi) is 4.26. The van der Waals surface area contributed by atoms with E-state index in [9.17, 15) is 4.79 Å². The number of rotatable bonds is 2. The molecule has 5 nitrogen and oxygen atoms in total. The lowest BCUT2D eigenvalue weighted by atomic mass is 10.1. The lowest BCUT2D eigenvalue weighted by Gasteiger charge is -2.37. The molecule has 1 spiro atoms. The number of hydrogen-bond acceptors (Lipinski definition) is 4. The predicted octanol–water partition coefficient (Wildman–Crippen LogP) is 2.78. The van der Waals surface area contributed by atoms with Gasteiger partial charge >= 0.3 is 6.03 Å². The molecule has 0 unspecified atom stereocenters. The number of likely N-dealkylation sites (tertiary alicyclic amines) is 1. The summed E-state index contributed by atoms with van der Waals surface area (Å²) in [5.41, 5.74) is 0.756. The van der Waals surface area contributed by atoms with Crippen molar-refractivity contribution < 1.29 is 14.3 Å². The number of carbonyl (C=O) groups is 1. The molecule has 0 atom stereocenters. The highest BCUT2D eigenvalue weighted by atomic mass is 32.2. The topological polar surface area (TPSA) is 50.8 Å². The van der Waals surface area contributed by atoms with Gasteiger partial charge < -0.3 is 19.7 Å². The zero-order valence-electron chi connectivity index (χ0n) is 12.1. The van der Waals surface area contributed by atoms with E-state index in [4.69, 9.17) is 9.47 Å². The van der Waals surface area contributed by atoms with Crippen LogP contribution in [0.1, 0.15) is 12.8 Å². The fraction of sp³-hybridized carbons (Fsp3) is 0.533. The molecule has 2 heterocycles. The highest BCUT2D eigenvalue weighted by Gasteiger charge is 2.40. The molecule has 2 aliphatic heterocycles. The Morgan fingerprint density at radius 2 is 2.24 bits per heavy atom. The lowest BCUT2D eigenvalue weighted by Crippen LogP contribution is -2.46. The van der Waals surface area contributed by atoms with Crippen molar-refractivity contribution in [1.82, 2.24) is 4.90 Å². The molecule has 1 N–H and O–H groups in total. The van der Waals surface area contributed by atoms with Gasteiger partial charge in [-0.1, -0.05) is 6.07 Å². The van der Waals surface area contributed by atoms with Crippen LogP contribution in [0.15, 0.2) is 24.3 Å². The Labute approximate surface area is 129 Å². The third-order valence-electron chi connectivity index (χ3n) is 3.95. The second-order valence-electron chi connectivity index (χ2n) is 5.26. The molecule has 1 aromatic rings. The summed E-state index contributed by atoms with van der Waals surface area (Å²) in [6.45, 7) is 2.31. The normalized spacial score (nSPS) is 20.5. The number of hydrogen-bond donors (Lipinski definition) is 1. The van der Waals surface area contributed by atoms with Crippen LogP contribution >= 0.6 is 11.8 Å². The standard InChI is InChI=1S/C15H20N2O3S/c1-19-13-4-2-3-12(11-13)16-14(18)17-7-5-15(6-8-17)20-9-10-21-15/h2-4,11H,5-10H2,1H3,(H,16,18). The fourth-order valence-corrected chi connectivity index (χ4v) is 3.92. The predicted molar refractivity (Wildman–Crippen MR) is 84.0 cm³/mol. The summed E-state index contributed by atoms with van der Waals surface area (Å²) in [6.07, 6.45) is 1.81. The molecule has 3 rings (SSSR count). The van der Waals surface area contributed by atoms with Gasteiger partial charge in [0.15, 0.2) is 0 Å². The molecule has 2 amide bonds. The van der Waals surface area contributed by atoms with Crippen molar-refractivity contribution in [2.24, 2.45) is 0 Å². The molecule has 0 aromatic heterocycles. The van der Waals surface area contributed by atoms with Crippen LogP contribution in [0.25, 0.3) is 0 Å². The first kappa shape index (κ1) is 14.5. The van der Waals surface area contributed by atoms with Gasteiger partial charge in [0, 0.05) is 43.4 Å². The van der Waals surface area contributed by atoms with Crippen molar-refractivity contribution in [2.45, 2.75) is 17.8 Å². The largest absolute Gasteiger partial charge is 0.497 e. The Balaban J connectivity index is 1.56. The van der Waals surface area contributed by atoms with Gasteiger partial charge in [-0.25, -0.2) is 4.79 Å². The number of nitrogens with zero attached hydrogens (tertiary/aromatic N) is 1. The number of amides is 2. The van der Waals surface area contributed by atoms with Crippen LogP contribution < -0.4 is 10.1 Å². The first-order valence-electron chi connectivity index (χ1n) is 7.19. The number of piperidine rings is 1. The Morgan fingerprint density at radius 1 is 1.43 bits per heavy atom. The van der Waals surface area contributed by atoms with Crippen molar-refractivity contribution in [2.75, 3.05) is 37.9 Å². The van der Waals surface area contributed by atoms with Gasteiger partial charge in [-0.15, -0.1) is 11.8 Å². The van der Waals surface area contributed by atoms with E-state index in [2.05, 4.69) is 5.32 Å². The zero-order valence-corrected chi connectivity index (χ0v) is 12.9. The maximum Gasteiger partial charge on any atom is 0.321 e. The van der Waals surface area contributed by atoms with Crippen molar-refractivity contribution in [3.8, 4) is 5.75 Å². The molecule has 2 fully saturated rings. The number of methoxy groups -OCH3 is 1. The van der Waals surface area contributed by atoms with Gasteiger partial charge in [0.05, 0.1) is 13.7 Å². The fourth-order valence-electron chi connectivity index (χ4n) is 2.74. The second kappa shape index (κ2) is 6.15. The molecule has 0 saturated carbocycles. The van der Waals surface area contributed by atoms with Crippen LogP contribution in [0, 0.1) is 0 Å². The van der Waals surface area contributed by atoms with E-state index >= 15 is 0 Å². The molecule has 114 valence electrons. The van der Waals surface area contributed by atoms with Gasteiger partial charge in [0.1, 0.15) is 10.7 Å². The molecule has 6 heteroatoms. The maximum atomic E-state index is 12.3. The van der Waals surface area contributed by atoms with E-state index in [0.29, 0.717) is 0 Å². The first-order chi connectivity index (χ1) is 10.2. The quantitative estimate of drug-likeness (QED) is 0.913. The minimum atomic E-state index is -0.0545. The van der Waals surface area contributed by atoms with Crippen molar-refractivity contribution >= 4 is 23.5 Å². The van der Waals surface area contributed by atoms with E-state index in [-0.39, 0.29) is 11.0 Å². The molecular weight excluding hydrogens is 288 g/mol. The summed E-state index contributed by atoms with van der Waals surface area (Å²) in [5, 5.41) is 2.92. The molecule has 0 bridgehead atoms. The highest BCUT2D eigenvalue weighted by molar-refractivity contribution is 8.00. The van der Waals surface area contributed by atoms with Crippen molar-refractivity contribution in [1.29, 1.82) is 0 Å². The molecule has 21 heavy (non-hydrogen) atoms. The summed E-state index contributed by atoms with van der Waals surface area (Å²) < 4.78 is 11.0. The minimum Gasteiger partial charge on any atom is -0.497 e. The molecule has 2 aliphatic rings. The van der Waals surface area contributed by atoms with E-state index in [0.717, 1.165) is 49.7 Å². The lowest BCUT2D eigenvalue weighted by molar-refractivity contribution is 0.0105. The number of urea groups is 1. The number of thioether (sulfide) groups is 1. The van der Waals surface area contributed by atoms with E-state index in [1.807, 2.05) is 40.9 Å². The molecule has 1 aromatic carbocycles. The maximum absolute atomic E-state index is 12.3. The third kappa shape index (κ3) is 3.27. The Morgan fingerprint density at radius 3 is 2.90 bits per heavy atom. The van der Waals surface area contributed by atoms with Crippen LogP contribution in [0.2, 0.25) is 0 Å². The van der Waals surface area contributed by atoms with Crippen molar-refractivity contribution in [3.63, 3.8) is 0 Å². The Hall–Kier alpha value is -1.40. The van der Waals surface area contributed by atoms with Crippen LogP contribution in [0.3, 0.4) is 0 Å². The zero-order chi connectivity index (χ0) is 14.7. The summed E-state index contributed by atoms with van der Waals surface area (Å²) in [7, 11) is 1.62. The SMILES string of the molecule is COc1cccc(NC(=O)N2CCC3(CC2)OCCS3)c1. The average molecular weight is 308 g/mol. The smallest absolute Gasteiger partial charge is 0.321 e. The summed E-state index contributed by atoms with van der Waals surface area (Å²) in [5.74, 6) is 1.80. The van der Waals surface area contributed by atoms with Gasteiger partial charge in [-0.05, 0) is 12.1 Å². The number of anilines is 1. The van der Waals surface area contributed by atoms with E-state index in [1.165, 1.54) is 0 Å². The molecule has 2 saturated heterocycles. The second-order valence-corrected chi connectivity index (χ2v) is 6.70. The summed E-state index contributed by atoms with van der Waals surface area (Å²) >= 11 is 1.89. The third-order valence-corrected chi connectivity index (χ3v) is 5.37. The summed E-state index contributed by atoms with van der Waals surface area (Å²) in [4.78, 5) is 14.1. The summed E-state index contributed by atoms with van der Waals surface area (Å²) in [6, 6.07) is 7.35. The van der Waals surface area contributed by atoms with Gasteiger partial charge in [-0.3, -0.25) is 0 Å². The van der Waals surface area contributed by atoms with Gasteiger partial charge in [-0.2, -0.15) is 0 Å². The van der Waals surface area contributed by atoms with Crippen molar-refractivity contribution in [3.05, 3.63) is 24.3 Å². The average Bonchev–Trinajstić information content (AvgIpc) is 2.96. The van der Waals surface area contributed by atoms with E-state index in [1.54, 1.807) is 7.11 Å². The van der Waals surface area contributed by atoms with E-state index < -0.39 is 0 Å². The first-order valence-corrected chi connectivity index (χ1v) is 8.17. The molecule has 0 aliphatic carbocycles. The van der Waals surface area contributed by atoms with Crippen LogP contribution in [0.4, 0.5) is 10.5 Å². The van der Waals surface area contributed by atoms with Gasteiger partial charge in [0.2, 0.25) is 0 Å². The Bertz CT molecular complexity index is 507. The monoisotopic (exact) mass is 308 g/mol. The van der Waals surface area contributed by atoms with Gasteiger partial charge in [0.25, 0.3) is 0 Å². The van der Waals surface area contributed by atoms with Crippen LogP contribution in [-0.2, 0) is 4.74 Å². The number of benzene rings is 1. The number of ether oxygens (including phenoxy) is 2. The van der Waals surface area contributed by atoms with Crippen LogP contribution in [0.5, 0.6) is 5.75 Å². The number of carbonyl (C=O) groups excluding carboxylic acids is 1.